The Kier molecular flexibility index (Phi) is 2.37. The first-order valence-corrected chi connectivity index (χ1v) is 3.58. The standard InChI is InChI=1S/C8H12NO/c1-3-9(4-2)8-5-6-10-7-8/h5-6H,3-4H2,1-2H3. The maximum atomic E-state index is 4.83. The molecule has 0 bridgehead atoms. The van der Waals surface area contributed by atoms with Gasteiger partial charge in [-0.2, -0.15) is 0 Å². The summed E-state index contributed by atoms with van der Waals surface area (Å²) in [4.78, 5) is 2.18. The molecule has 1 rings (SSSR count). The number of hydrogen-bond acceptors (Lipinski definition) is 2. The molecule has 1 radical (unpaired) electrons. The maximum absolute atomic E-state index is 4.83. The van der Waals surface area contributed by atoms with Crippen molar-refractivity contribution in [1.29, 1.82) is 0 Å². The van der Waals surface area contributed by atoms with Gasteiger partial charge in [0, 0.05) is 19.2 Å². The highest BCUT2D eigenvalue weighted by Gasteiger charge is 2.01. The fraction of sp³-hybridized carbons (Fsp3) is 0.500. The summed E-state index contributed by atoms with van der Waals surface area (Å²) in [6.07, 6.45) is 4.44. The molecule has 55 valence electrons. The van der Waals surface area contributed by atoms with E-state index in [9.17, 15) is 0 Å². The van der Waals surface area contributed by atoms with Gasteiger partial charge in [-0.1, -0.05) is 0 Å². The molecule has 0 aromatic carbocycles. The summed E-state index contributed by atoms with van der Waals surface area (Å²) in [6, 6.07) is 1.92. The summed E-state index contributed by atoms with van der Waals surface area (Å²) in [5, 5.41) is 0. The van der Waals surface area contributed by atoms with Crippen molar-refractivity contribution in [3.8, 4) is 0 Å². The van der Waals surface area contributed by atoms with Crippen LogP contribution in [0.5, 0.6) is 0 Å². The largest absolute Gasteiger partial charge is 0.459 e. The molecule has 0 saturated heterocycles. The Morgan fingerprint density at radius 1 is 1.50 bits per heavy atom. The lowest BCUT2D eigenvalue weighted by atomic mass is 10.4. The maximum Gasteiger partial charge on any atom is 0.194 e. The Morgan fingerprint density at radius 3 is 2.60 bits per heavy atom. The smallest absolute Gasteiger partial charge is 0.194 e. The van der Waals surface area contributed by atoms with Crippen molar-refractivity contribution in [1.82, 2.24) is 0 Å². The van der Waals surface area contributed by atoms with Crippen LogP contribution in [0.25, 0.3) is 0 Å². The van der Waals surface area contributed by atoms with Crippen LogP contribution in [0.1, 0.15) is 13.8 Å². The van der Waals surface area contributed by atoms with Crippen LogP contribution in [0.3, 0.4) is 0 Å². The monoisotopic (exact) mass is 138 g/mol. The van der Waals surface area contributed by atoms with E-state index in [1.165, 1.54) is 0 Å². The Hall–Kier alpha value is -0.920. The predicted octanol–water partition coefficient (Wildman–Crippen LogP) is 1.93. The number of nitrogens with zero attached hydrogens (tertiary/aromatic N) is 1. The predicted molar refractivity (Wildman–Crippen MR) is 41.1 cm³/mol. The first-order valence-electron chi connectivity index (χ1n) is 3.58. The molecule has 1 aromatic heterocycles. The molecule has 0 spiro atoms. The van der Waals surface area contributed by atoms with E-state index in [0.717, 1.165) is 18.8 Å². The summed E-state index contributed by atoms with van der Waals surface area (Å²) in [7, 11) is 0. The van der Waals surface area contributed by atoms with Crippen LogP contribution < -0.4 is 4.90 Å². The fourth-order valence-corrected chi connectivity index (χ4v) is 0.961. The van der Waals surface area contributed by atoms with E-state index in [0.29, 0.717) is 0 Å². The van der Waals surface area contributed by atoms with Crippen molar-refractivity contribution in [2.45, 2.75) is 13.8 Å². The minimum Gasteiger partial charge on any atom is -0.459 e. The third-order valence-corrected chi connectivity index (χ3v) is 1.56. The van der Waals surface area contributed by atoms with Crippen molar-refractivity contribution in [3.05, 3.63) is 18.6 Å². The van der Waals surface area contributed by atoms with E-state index in [4.69, 9.17) is 4.42 Å². The van der Waals surface area contributed by atoms with Gasteiger partial charge in [0.2, 0.25) is 0 Å². The fourth-order valence-electron chi connectivity index (χ4n) is 0.961. The number of rotatable bonds is 3. The van der Waals surface area contributed by atoms with Crippen LogP contribution in [-0.2, 0) is 0 Å². The molecule has 0 atom stereocenters. The lowest BCUT2D eigenvalue weighted by Crippen LogP contribution is -2.20. The van der Waals surface area contributed by atoms with Gasteiger partial charge in [-0.25, -0.2) is 0 Å². The minimum absolute atomic E-state index is 1.01. The summed E-state index contributed by atoms with van der Waals surface area (Å²) in [6.45, 7) is 6.24. The van der Waals surface area contributed by atoms with E-state index in [1.54, 1.807) is 6.26 Å². The van der Waals surface area contributed by atoms with Gasteiger partial charge >= 0.3 is 0 Å². The lowest BCUT2D eigenvalue weighted by molar-refractivity contribution is 0.557. The molecule has 10 heavy (non-hydrogen) atoms. The Balaban J connectivity index is 2.64. The lowest BCUT2D eigenvalue weighted by Gasteiger charge is -2.17. The first kappa shape index (κ1) is 7.19. The molecule has 0 aliphatic heterocycles. The van der Waals surface area contributed by atoms with Crippen molar-refractivity contribution in [3.63, 3.8) is 0 Å². The normalized spacial score (nSPS) is 9.80. The molecule has 0 aliphatic carbocycles. The van der Waals surface area contributed by atoms with E-state index in [2.05, 4.69) is 25.0 Å². The van der Waals surface area contributed by atoms with Gasteiger partial charge in [0.25, 0.3) is 0 Å². The van der Waals surface area contributed by atoms with E-state index >= 15 is 0 Å². The number of anilines is 1. The summed E-state index contributed by atoms with van der Waals surface area (Å²) in [5.41, 5.74) is 1.05. The van der Waals surface area contributed by atoms with Crippen molar-refractivity contribution in [2.24, 2.45) is 0 Å². The van der Waals surface area contributed by atoms with Crippen LogP contribution in [-0.4, -0.2) is 13.1 Å². The molecule has 0 unspecified atom stereocenters. The van der Waals surface area contributed by atoms with Gasteiger partial charge in [-0.05, 0) is 13.8 Å². The van der Waals surface area contributed by atoms with E-state index in [1.807, 2.05) is 6.07 Å². The summed E-state index contributed by atoms with van der Waals surface area (Å²) >= 11 is 0. The van der Waals surface area contributed by atoms with Gasteiger partial charge in [-0.15, -0.1) is 0 Å². The minimum atomic E-state index is 1.01. The topological polar surface area (TPSA) is 16.4 Å². The zero-order valence-electron chi connectivity index (χ0n) is 6.42. The average Bonchev–Trinajstić information content (AvgIpc) is 2.43. The van der Waals surface area contributed by atoms with Crippen molar-refractivity contribution >= 4 is 5.69 Å². The number of hydrogen-bond donors (Lipinski definition) is 0. The van der Waals surface area contributed by atoms with Crippen molar-refractivity contribution in [2.75, 3.05) is 18.0 Å². The first-order chi connectivity index (χ1) is 4.88. The molecule has 2 nitrogen and oxygen atoms in total. The third-order valence-electron chi connectivity index (χ3n) is 1.56. The van der Waals surface area contributed by atoms with Crippen LogP contribution in [0.2, 0.25) is 0 Å². The quantitative estimate of drug-likeness (QED) is 0.634. The van der Waals surface area contributed by atoms with Gasteiger partial charge < -0.3 is 9.32 Å². The molecule has 1 aromatic rings. The molecule has 0 fully saturated rings. The molecule has 1 heterocycles. The van der Waals surface area contributed by atoms with Gasteiger partial charge in [0.15, 0.2) is 6.26 Å². The second kappa shape index (κ2) is 3.30. The SMILES string of the molecule is CCN(CC)c1[c]occ1. The molecule has 0 aliphatic rings. The second-order valence-corrected chi connectivity index (χ2v) is 2.08. The second-order valence-electron chi connectivity index (χ2n) is 2.08. The Morgan fingerprint density at radius 2 is 2.20 bits per heavy atom. The molecular weight excluding hydrogens is 126 g/mol. The van der Waals surface area contributed by atoms with E-state index in [-0.39, 0.29) is 0 Å². The van der Waals surface area contributed by atoms with Crippen LogP contribution in [0, 0.1) is 6.26 Å². The van der Waals surface area contributed by atoms with Crippen LogP contribution in [0.15, 0.2) is 16.7 Å². The van der Waals surface area contributed by atoms with Crippen LogP contribution in [0.4, 0.5) is 5.69 Å². The highest BCUT2D eigenvalue weighted by Crippen LogP contribution is 2.11. The molecule has 2 heteroatoms. The third kappa shape index (κ3) is 1.32. The molecule has 0 N–H and O–H groups in total. The van der Waals surface area contributed by atoms with E-state index < -0.39 is 0 Å². The molecular formula is C8H12NO. The zero-order valence-corrected chi connectivity index (χ0v) is 6.42. The highest BCUT2D eigenvalue weighted by atomic mass is 16.3. The summed E-state index contributed by atoms with van der Waals surface area (Å²) < 4.78 is 4.83. The van der Waals surface area contributed by atoms with Gasteiger partial charge in [0.1, 0.15) is 0 Å². The highest BCUT2D eigenvalue weighted by molar-refractivity contribution is 5.41. The van der Waals surface area contributed by atoms with Crippen LogP contribution >= 0.6 is 0 Å². The number of furan rings is 1. The Bertz CT molecular complexity index is 165. The summed E-state index contributed by atoms with van der Waals surface area (Å²) in [5.74, 6) is 0. The van der Waals surface area contributed by atoms with Crippen molar-refractivity contribution < 1.29 is 4.42 Å². The molecule has 0 saturated carbocycles. The molecule has 0 amide bonds. The average molecular weight is 138 g/mol. The zero-order chi connectivity index (χ0) is 7.40. The van der Waals surface area contributed by atoms with Gasteiger partial charge in [-0.3, -0.25) is 0 Å². The Labute approximate surface area is 61.4 Å². The van der Waals surface area contributed by atoms with Gasteiger partial charge in [0.05, 0.1) is 12.0 Å².